The Balaban J connectivity index is 1.93. The van der Waals surface area contributed by atoms with E-state index in [1.54, 1.807) is 0 Å². The van der Waals surface area contributed by atoms with Crippen molar-refractivity contribution in [1.29, 1.82) is 0 Å². The molecule has 0 bridgehead atoms. The van der Waals surface area contributed by atoms with E-state index in [0.717, 1.165) is 25.7 Å². The van der Waals surface area contributed by atoms with E-state index in [1.165, 1.54) is 33.0 Å². The van der Waals surface area contributed by atoms with Crippen molar-refractivity contribution in [3.63, 3.8) is 0 Å². The van der Waals surface area contributed by atoms with E-state index in [4.69, 9.17) is 0 Å². The maximum absolute atomic E-state index is 10.6. The van der Waals surface area contributed by atoms with Gasteiger partial charge in [0, 0.05) is 0 Å². The van der Waals surface area contributed by atoms with Crippen molar-refractivity contribution in [2.75, 3.05) is 0 Å². The van der Waals surface area contributed by atoms with Crippen LogP contribution in [-0.4, -0.2) is 11.2 Å². The van der Waals surface area contributed by atoms with Gasteiger partial charge in [0.15, 0.2) is 0 Å². The molecular formula is C23H22O. The monoisotopic (exact) mass is 314 g/mol. The van der Waals surface area contributed by atoms with Crippen molar-refractivity contribution in [2.45, 2.75) is 31.8 Å². The van der Waals surface area contributed by atoms with Gasteiger partial charge >= 0.3 is 0 Å². The fraction of sp³-hybridized carbons (Fsp3) is 0.217. The Hall–Kier alpha value is -2.38. The predicted octanol–water partition coefficient (Wildman–Crippen LogP) is 5.58. The van der Waals surface area contributed by atoms with Crippen LogP contribution in [0.1, 0.15) is 36.8 Å². The van der Waals surface area contributed by atoms with Crippen LogP contribution in [0.25, 0.3) is 16.3 Å². The van der Waals surface area contributed by atoms with E-state index < -0.39 is 0 Å². The summed E-state index contributed by atoms with van der Waals surface area (Å²) in [7, 11) is 0. The third-order valence-corrected chi connectivity index (χ3v) is 5.00. The van der Waals surface area contributed by atoms with Crippen LogP contribution in [0, 0.1) is 0 Å². The smallest absolute Gasteiger partial charge is 0.0759 e. The van der Waals surface area contributed by atoms with Crippen LogP contribution in [0.2, 0.25) is 0 Å². The van der Waals surface area contributed by atoms with Gasteiger partial charge in [-0.15, -0.1) is 0 Å². The minimum atomic E-state index is -0.319. The minimum absolute atomic E-state index is 0.319. The second kappa shape index (κ2) is 6.62. The summed E-state index contributed by atoms with van der Waals surface area (Å²) in [6.07, 6.45) is 3.82. The lowest BCUT2D eigenvalue weighted by molar-refractivity contribution is 0.179. The predicted molar refractivity (Wildman–Crippen MR) is 101 cm³/mol. The van der Waals surface area contributed by atoms with Gasteiger partial charge in [-0.1, -0.05) is 73.2 Å². The van der Waals surface area contributed by atoms with E-state index in [-0.39, 0.29) is 6.10 Å². The Morgan fingerprint density at radius 3 is 2.29 bits per heavy atom. The van der Waals surface area contributed by atoms with Crippen LogP contribution in [0.15, 0.2) is 78.4 Å². The molecule has 0 radical (unpaired) electrons. The normalized spacial score (nSPS) is 20.1. The molecule has 1 heteroatoms. The van der Waals surface area contributed by atoms with Crippen molar-refractivity contribution in [3.8, 4) is 0 Å². The molecule has 1 N–H and O–H groups in total. The zero-order chi connectivity index (χ0) is 16.4. The Morgan fingerprint density at radius 2 is 1.50 bits per heavy atom. The summed E-state index contributed by atoms with van der Waals surface area (Å²) in [5.41, 5.74) is 4.82. The van der Waals surface area contributed by atoms with Gasteiger partial charge in [-0.3, -0.25) is 0 Å². The Labute approximate surface area is 143 Å². The SMILES string of the molecule is OC1CCCC/C1=C(/c1ccccc1)c1ccc2ccccc2c1. The summed E-state index contributed by atoms with van der Waals surface area (Å²) in [4.78, 5) is 0. The molecule has 4 rings (SSSR count). The molecule has 1 unspecified atom stereocenters. The lowest BCUT2D eigenvalue weighted by Crippen LogP contribution is -2.17. The molecule has 0 aromatic heterocycles. The first kappa shape index (κ1) is 15.2. The molecule has 1 fully saturated rings. The average molecular weight is 314 g/mol. The molecular weight excluding hydrogens is 292 g/mol. The van der Waals surface area contributed by atoms with Gasteiger partial charge in [0.1, 0.15) is 0 Å². The molecule has 24 heavy (non-hydrogen) atoms. The molecule has 0 amide bonds. The molecule has 0 spiro atoms. The number of aliphatic hydroxyl groups is 1. The van der Waals surface area contributed by atoms with Gasteiger partial charge in [0.25, 0.3) is 0 Å². The Bertz CT molecular complexity index is 877. The molecule has 1 aliphatic rings. The standard InChI is InChI=1S/C23H22O/c24-22-13-7-6-12-21(22)23(18-9-2-1-3-10-18)20-15-14-17-8-4-5-11-19(17)16-20/h1-5,8-11,14-16,22,24H,6-7,12-13H2/b23-21+. The van der Waals surface area contributed by atoms with Gasteiger partial charge in [-0.2, -0.15) is 0 Å². The van der Waals surface area contributed by atoms with Crippen LogP contribution in [-0.2, 0) is 0 Å². The molecule has 1 atom stereocenters. The lowest BCUT2D eigenvalue weighted by Gasteiger charge is -2.25. The summed E-state index contributed by atoms with van der Waals surface area (Å²) in [5, 5.41) is 13.1. The third kappa shape index (κ3) is 2.88. The maximum Gasteiger partial charge on any atom is 0.0759 e. The lowest BCUT2D eigenvalue weighted by atomic mass is 9.83. The zero-order valence-corrected chi connectivity index (χ0v) is 13.8. The second-order valence-electron chi connectivity index (χ2n) is 6.59. The Morgan fingerprint density at radius 1 is 0.750 bits per heavy atom. The van der Waals surface area contributed by atoms with Crippen molar-refractivity contribution >= 4 is 16.3 Å². The summed E-state index contributed by atoms with van der Waals surface area (Å²) in [6.45, 7) is 0. The molecule has 1 saturated carbocycles. The summed E-state index contributed by atoms with van der Waals surface area (Å²) < 4.78 is 0. The molecule has 0 aliphatic heterocycles. The van der Waals surface area contributed by atoms with Gasteiger partial charge in [0.2, 0.25) is 0 Å². The number of fused-ring (bicyclic) bond motifs is 1. The van der Waals surface area contributed by atoms with E-state index in [0.29, 0.717) is 0 Å². The van der Waals surface area contributed by atoms with Gasteiger partial charge in [0.05, 0.1) is 6.10 Å². The highest BCUT2D eigenvalue weighted by atomic mass is 16.3. The highest BCUT2D eigenvalue weighted by Crippen LogP contribution is 2.36. The van der Waals surface area contributed by atoms with Crippen molar-refractivity contribution in [3.05, 3.63) is 89.5 Å². The fourth-order valence-corrected chi connectivity index (χ4v) is 3.77. The largest absolute Gasteiger partial charge is 0.389 e. The average Bonchev–Trinajstić information content (AvgIpc) is 2.64. The zero-order valence-electron chi connectivity index (χ0n) is 13.8. The summed E-state index contributed by atoms with van der Waals surface area (Å²) >= 11 is 0. The van der Waals surface area contributed by atoms with Crippen LogP contribution in [0.3, 0.4) is 0 Å². The number of benzene rings is 3. The Kier molecular flexibility index (Phi) is 4.18. The van der Waals surface area contributed by atoms with Crippen LogP contribution < -0.4 is 0 Å². The first-order valence-corrected chi connectivity index (χ1v) is 8.78. The fourth-order valence-electron chi connectivity index (χ4n) is 3.77. The molecule has 0 heterocycles. The third-order valence-electron chi connectivity index (χ3n) is 5.00. The molecule has 1 aliphatic carbocycles. The second-order valence-corrected chi connectivity index (χ2v) is 6.59. The molecule has 120 valence electrons. The molecule has 1 nitrogen and oxygen atoms in total. The van der Waals surface area contributed by atoms with Crippen LogP contribution >= 0.6 is 0 Å². The minimum Gasteiger partial charge on any atom is -0.389 e. The van der Waals surface area contributed by atoms with Crippen molar-refractivity contribution in [2.24, 2.45) is 0 Å². The van der Waals surface area contributed by atoms with Gasteiger partial charge < -0.3 is 5.11 Å². The summed E-state index contributed by atoms with van der Waals surface area (Å²) in [5.74, 6) is 0. The summed E-state index contributed by atoms with van der Waals surface area (Å²) in [6, 6.07) is 25.6. The number of hydrogen-bond donors (Lipinski definition) is 1. The molecule has 0 saturated heterocycles. The number of aliphatic hydroxyl groups excluding tert-OH is 1. The van der Waals surface area contributed by atoms with Crippen LogP contribution in [0.4, 0.5) is 0 Å². The van der Waals surface area contributed by atoms with E-state index in [9.17, 15) is 5.11 Å². The van der Waals surface area contributed by atoms with Gasteiger partial charge in [-0.25, -0.2) is 0 Å². The van der Waals surface area contributed by atoms with E-state index in [2.05, 4.69) is 66.7 Å². The quantitative estimate of drug-likeness (QED) is 0.655. The first-order valence-electron chi connectivity index (χ1n) is 8.78. The highest BCUT2D eigenvalue weighted by Gasteiger charge is 2.22. The number of rotatable bonds is 2. The first-order chi connectivity index (χ1) is 11.8. The van der Waals surface area contributed by atoms with Crippen molar-refractivity contribution in [1.82, 2.24) is 0 Å². The number of hydrogen-bond acceptors (Lipinski definition) is 1. The van der Waals surface area contributed by atoms with Crippen molar-refractivity contribution < 1.29 is 5.11 Å². The highest BCUT2D eigenvalue weighted by molar-refractivity contribution is 5.90. The van der Waals surface area contributed by atoms with E-state index in [1.807, 2.05) is 6.07 Å². The topological polar surface area (TPSA) is 20.2 Å². The van der Waals surface area contributed by atoms with E-state index >= 15 is 0 Å². The molecule has 3 aromatic carbocycles. The van der Waals surface area contributed by atoms with Gasteiger partial charge in [-0.05, 0) is 58.4 Å². The van der Waals surface area contributed by atoms with Crippen LogP contribution in [0.5, 0.6) is 0 Å². The molecule has 3 aromatic rings. The maximum atomic E-state index is 10.6.